The topological polar surface area (TPSA) is 38.0 Å². The molecule has 2 nitrogen and oxygen atoms in total. The molecule has 0 spiro atoms. The van der Waals surface area contributed by atoms with Gasteiger partial charge in [-0.15, -0.1) is 23.1 Å². The van der Waals surface area contributed by atoms with E-state index in [-0.39, 0.29) is 0 Å². The van der Waals surface area contributed by atoms with Gasteiger partial charge in [0.1, 0.15) is 4.99 Å². The fraction of sp³-hybridized carbons (Fsp3) is 0.312. The molecule has 0 aliphatic heterocycles. The predicted molar refractivity (Wildman–Crippen MR) is 99.8 cm³/mol. The van der Waals surface area contributed by atoms with Crippen molar-refractivity contribution in [1.29, 1.82) is 0 Å². The standard InChI is InChI=1S/C16H20N2S3/c1-3-11-8-9-12(21-11)10-18-13-6-5-7-14(20-4-2)15(13)16(17)19/h5-9,18H,3-4,10H2,1-2H3,(H2,17,19). The normalized spacial score (nSPS) is 10.6. The van der Waals surface area contributed by atoms with Crippen molar-refractivity contribution >= 4 is 46.0 Å². The molecule has 2 aromatic rings. The lowest BCUT2D eigenvalue weighted by Crippen LogP contribution is -2.14. The van der Waals surface area contributed by atoms with Crippen LogP contribution in [0.2, 0.25) is 0 Å². The Bertz CT molecular complexity index is 620. The number of thioether (sulfide) groups is 1. The van der Waals surface area contributed by atoms with Crippen LogP contribution in [0.1, 0.15) is 29.2 Å². The number of thiophene rings is 1. The van der Waals surface area contributed by atoms with Gasteiger partial charge in [-0.25, -0.2) is 0 Å². The van der Waals surface area contributed by atoms with E-state index in [2.05, 4.69) is 37.4 Å². The zero-order chi connectivity index (χ0) is 15.2. The van der Waals surface area contributed by atoms with Gasteiger partial charge in [0.15, 0.2) is 0 Å². The van der Waals surface area contributed by atoms with E-state index >= 15 is 0 Å². The molecule has 0 unspecified atom stereocenters. The molecule has 3 N–H and O–H groups in total. The van der Waals surface area contributed by atoms with Crippen molar-refractivity contribution in [3.8, 4) is 0 Å². The molecule has 0 bridgehead atoms. The highest BCUT2D eigenvalue weighted by Gasteiger charge is 2.11. The van der Waals surface area contributed by atoms with Gasteiger partial charge in [0, 0.05) is 32.4 Å². The quantitative estimate of drug-likeness (QED) is 0.569. The van der Waals surface area contributed by atoms with Gasteiger partial charge < -0.3 is 11.1 Å². The van der Waals surface area contributed by atoms with Crippen LogP contribution in [0, 0.1) is 0 Å². The van der Waals surface area contributed by atoms with Gasteiger partial charge in [0.2, 0.25) is 0 Å². The predicted octanol–water partition coefficient (Wildman–Crippen LogP) is 4.67. The summed E-state index contributed by atoms with van der Waals surface area (Å²) in [6, 6.07) is 10.5. The van der Waals surface area contributed by atoms with Gasteiger partial charge in [-0.1, -0.05) is 32.1 Å². The van der Waals surface area contributed by atoms with E-state index in [1.54, 1.807) is 11.8 Å². The average molecular weight is 337 g/mol. The van der Waals surface area contributed by atoms with E-state index in [1.165, 1.54) is 9.75 Å². The fourth-order valence-electron chi connectivity index (χ4n) is 2.10. The minimum absolute atomic E-state index is 0.453. The van der Waals surface area contributed by atoms with Crippen molar-refractivity contribution in [2.75, 3.05) is 11.1 Å². The molecule has 0 atom stereocenters. The Kier molecular flexibility index (Phi) is 6.08. The van der Waals surface area contributed by atoms with Crippen LogP contribution >= 0.6 is 35.3 Å². The third kappa shape index (κ3) is 4.22. The van der Waals surface area contributed by atoms with Gasteiger partial charge in [-0.2, -0.15) is 0 Å². The largest absolute Gasteiger partial charge is 0.389 e. The number of anilines is 1. The highest BCUT2D eigenvalue weighted by atomic mass is 32.2. The van der Waals surface area contributed by atoms with Gasteiger partial charge in [-0.3, -0.25) is 0 Å². The van der Waals surface area contributed by atoms with Crippen LogP contribution < -0.4 is 11.1 Å². The highest BCUT2D eigenvalue weighted by Crippen LogP contribution is 2.29. The van der Waals surface area contributed by atoms with Crippen LogP contribution in [0.25, 0.3) is 0 Å². The smallest absolute Gasteiger partial charge is 0.107 e. The molecule has 0 aliphatic carbocycles. The van der Waals surface area contributed by atoms with E-state index in [4.69, 9.17) is 18.0 Å². The van der Waals surface area contributed by atoms with Crippen molar-refractivity contribution in [3.63, 3.8) is 0 Å². The first-order chi connectivity index (χ1) is 10.2. The van der Waals surface area contributed by atoms with Crippen molar-refractivity contribution in [2.45, 2.75) is 31.7 Å². The second-order valence-corrected chi connectivity index (χ2v) is 7.55. The first-order valence-electron chi connectivity index (χ1n) is 7.02. The molecule has 5 heteroatoms. The maximum absolute atomic E-state index is 5.92. The molecule has 1 aromatic carbocycles. The van der Waals surface area contributed by atoms with E-state index < -0.39 is 0 Å². The lowest BCUT2D eigenvalue weighted by Gasteiger charge is -2.14. The summed E-state index contributed by atoms with van der Waals surface area (Å²) in [7, 11) is 0. The summed E-state index contributed by atoms with van der Waals surface area (Å²) >= 11 is 8.85. The van der Waals surface area contributed by atoms with Crippen molar-refractivity contribution in [1.82, 2.24) is 0 Å². The van der Waals surface area contributed by atoms with Crippen LogP contribution in [0.5, 0.6) is 0 Å². The number of hydrogen-bond acceptors (Lipinski definition) is 4. The summed E-state index contributed by atoms with van der Waals surface area (Å²) in [6.45, 7) is 5.12. The van der Waals surface area contributed by atoms with Crippen molar-refractivity contribution < 1.29 is 0 Å². The zero-order valence-electron chi connectivity index (χ0n) is 12.3. The molecule has 1 aromatic heterocycles. The first kappa shape index (κ1) is 16.3. The van der Waals surface area contributed by atoms with Crippen LogP contribution in [0.15, 0.2) is 35.2 Å². The summed E-state index contributed by atoms with van der Waals surface area (Å²) in [5.41, 5.74) is 7.91. The zero-order valence-corrected chi connectivity index (χ0v) is 14.8. The monoisotopic (exact) mass is 336 g/mol. The van der Waals surface area contributed by atoms with Crippen molar-refractivity contribution in [3.05, 3.63) is 45.6 Å². The Morgan fingerprint density at radius 1 is 1.24 bits per heavy atom. The highest BCUT2D eigenvalue weighted by molar-refractivity contribution is 7.99. The number of nitrogens with two attached hydrogens (primary N) is 1. The molecule has 1 heterocycles. The molecule has 112 valence electrons. The van der Waals surface area contributed by atoms with E-state index in [9.17, 15) is 0 Å². The van der Waals surface area contributed by atoms with Crippen LogP contribution in [0.4, 0.5) is 5.69 Å². The third-order valence-electron chi connectivity index (χ3n) is 3.09. The number of hydrogen-bond donors (Lipinski definition) is 2. The second kappa shape index (κ2) is 7.82. The minimum atomic E-state index is 0.453. The number of benzene rings is 1. The lowest BCUT2D eigenvalue weighted by molar-refractivity contribution is 1.18. The molecule has 0 amide bonds. The molecule has 2 rings (SSSR count). The SMILES string of the molecule is CCSc1cccc(NCc2ccc(CC)s2)c1C(N)=S. The van der Waals surface area contributed by atoms with Crippen molar-refractivity contribution in [2.24, 2.45) is 5.73 Å². The summed E-state index contributed by atoms with van der Waals surface area (Å²) in [6.07, 6.45) is 1.09. The Hall–Kier alpha value is -1.04. The Morgan fingerprint density at radius 2 is 2.00 bits per heavy atom. The average Bonchev–Trinajstić information content (AvgIpc) is 2.93. The summed E-state index contributed by atoms with van der Waals surface area (Å²) in [4.78, 5) is 4.34. The maximum atomic E-state index is 5.92. The second-order valence-electron chi connectivity index (χ2n) is 4.55. The molecule has 0 saturated carbocycles. The minimum Gasteiger partial charge on any atom is -0.389 e. The van der Waals surface area contributed by atoms with E-state index in [0.29, 0.717) is 4.99 Å². The number of aryl methyl sites for hydroxylation is 1. The summed E-state index contributed by atoms with van der Waals surface area (Å²) in [5.74, 6) is 1.00. The molecular weight excluding hydrogens is 316 g/mol. The van der Waals surface area contributed by atoms with E-state index in [1.807, 2.05) is 23.5 Å². The molecule has 0 saturated heterocycles. The molecule has 21 heavy (non-hydrogen) atoms. The van der Waals surface area contributed by atoms with Gasteiger partial charge in [0.25, 0.3) is 0 Å². The Balaban J connectivity index is 2.18. The molecular formula is C16H20N2S3. The van der Waals surface area contributed by atoms with Crippen LogP contribution in [-0.2, 0) is 13.0 Å². The molecule has 0 fully saturated rings. The van der Waals surface area contributed by atoms with E-state index in [0.717, 1.165) is 34.9 Å². The number of rotatable bonds is 7. The first-order valence-corrected chi connectivity index (χ1v) is 9.23. The third-order valence-corrected chi connectivity index (χ3v) is 5.46. The van der Waals surface area contributed by atoms with Gasteiger partial charge >= 0.3 is 0 Å². The maximum Gasteiger partial charge on any atom is 0.107 e. The van der Waals surface area contributed by atoms with Crippen LogP contribution in [-0.4, -0.2) is 10.7 Å². The number of nitrogens with one attached hydrogen (secondary N) is 1. The fourth-order valence-corrected chi connectivity index (χ4v) is 4.13. The van der Waals surface area contributed by atoms with Crippen LogP contribution in [0.3, 0.4) is 0 Å². The number of thiocarbonyl (C=S) groups is 1. The summed E-state index contributed by atoms with van der Waals surface area (Å²) in [5, 5.41) is 3.48. The van der Waals surface area contributed by atoms with Gasteiger partial charge in [-0.05, 0) is 36.4 Å². The Labute approximate surface area is 140 Å². The summed E-state index contributed by atoms with van der Waals surface area (Å²) < 4.78 is 0. The molecule has 0 aliphatic rings. The Morgan fingerprint density at radius 3 is 2.62 bits per heavy atom. The van der Waals surface area contributed by atoms with Gasteiger partial charge in [0.05, 0.1) is 0 Å². The molecule has 0 radical (unpaired) electrons. The lowest BCUT2D eigenvalue weighted by atomic mass is 10.1.